The van der Waals surface area contributed by atoms with Crippen LogP contribution in [0, 0.1) is 0 Å². The first kappa shape index (κ1) is 24.8. The zero-order valence-electron chi connectivity index (χ0n) is 20.1. The van der Waals surface area contributed by atoms with Gasteiger partial charge in [0.05, 0.1) is 28.3 Å². The minimum Gasteiger partial charge on any atom is -0.507 e. The summed E-state index contributed by atoms with van der Waals surface area (Å²) in [5.41, 5.74) is 0.474. The number of fused-ring (bicyclic) bond motifs is 1. The zero-order valence-corrected chi connectivity index (χ0v) is 20.1. The molecule has 0 unspecified atom stereocenters. The van der Waals surface area contributed by atoms with Crippen LogP contribution in [0.2, 0.25) is 0 Å². The van der Waals surface area contributed by atoms with Crippen molar-refractivity contribution in [2.75, 3.05) is 21.2 Å². The van der Waals surface area contributed by atoms with Gasteiger partial charge in [-0.1, -0.05) is 18.2 Å². The first-order valence-corrected chi connectivity index (χ1v) is 11.7. The Morgan fingerprint density at radius 2 is 1.50 bits per heavy atom. The molecule has 0 radical (unpaired) electrons. The number of carbonyl (C=O) groups excluding carboxylic acids is 2. The first-order valence-electron chi connectivity index (χ1n) is 11.7. The molecule has 1 aromatic heterocycles. The summed E-state index contributed by atoms with van der Waals surface area (Å²) in [6, 6.07) is 17.1. The number of hydrogen-bond donors (Lipinski definition) is 1. The van der Waals surface area contributed by atoms with Gasteiger partial charge in [-0.2, -0.15) is 13.2 Å². The molecule has 2 heterocycles. The number of pyridine rings is 1. The fourth-order valence-corrected chi connectivity index (χ4v) is 4.39. The van der Waals surface area contributed by atoms with Crippen LogP contribution >= 0.6 is 0 Å². The van der Waals surface area contributed by atoms with Crippen LogP contribution in [0.25, 0.3) is 11.1 Å². The van der Waals surface area contributed by atoms with Crippen molar-refractivity contribution in [1.82, 2.24) is 4.98 Å². The van der Waals surface area contributed by atoms with Crippen molar-refractivity contribution in [2.24, 2.45) is 0 Å². The van der Waals surface area contributed by atoms with E-state index >= 15 is 0 Å². The zero-order chi connectivity index (χ0) is 27.0. The average molecular weight is 518 g/mol. The number of phenolic OH excluding ortho intramolecular Hbond substituents is 1. The average Bonchev–Trinajstić information content (AvgIpc) is 3.00. The van der Waals surface area contributed by atoms with Gasteiger partial charge in [-0.3, -0.25) is 14.8 Å². The molecule has 4 aromatic rings. The summed E-state index contributed by atoms with van der Waals surface area (Å²) in [6.07, 6.45) is -1.59. The second-order valence-corrected chi connectivity index (χ2v) is 8.45. The maximum absolute atomic E-state index is 14.1. The Labute approximate surface area is 216 Å². The molecule has 1 N–H and O–H groups in total. The van der Waals surface area contributed by atoms with Crippen LogP contribution in [0.3, 0.4) is 0 Å². The highest BCUT2D eigenvalue weighted by molar-refractivity contribution is 6.28. The van der Waals surface area contributed by atoms with E-state index in [4.69, 9.17) is 0 Å². The monoisotopic (exact) mass is 518 g/mol. The molecule has 0 aliphatic carbocycles. The Kier molecular flexibility index (Phi) is 6.23. The largest absolute Gasteiger partial charge is 0.507 e. The minimum absolute atomic E-state index is 0.0816. The highest BCUT2D eigenvalue weighted by Gasteiger charge is 2.41. The van der Waals surface area contributed by atoms with Crippen LogP contribution in [0.15, 0.2) is 91.3 Å². The van der Waals surface area contributed by atoms with Crippen molar-refractivity contribution in [1.29, 1.82) is 0 Å². The standard InChI is InChI=1S/C28H21F3N4O3/c1-2-33-23-10-8-19(28(29,30)31)16-24(23)34(20-6-4-3-5-7-20)27(38)35(26(33)37)21-9-11-25(36)22(17-21)18-12-14-32-15-13-18/h3-17,36H,2H2,1H3. The third-order valence-corrected chi connectivity index (χ3v) is 6.20. The number of aromatic hydroxyl groups is 1. The van der Waals surface area contributed by atoms with Crippen molar-refractivity contribution in [2.45, 2.75) is 13.1 Å². The molecule has 38 heavy (non-hydrogen) atoms. The number of phenols is 1. The van der Waals surface area contributed by atoms with Crippen LogP contribution in [-0.4, -0.2) is 28.7 Å². The van der Waals surface area contributed by atoms with E-state index in [1.54, 1.807) is 49.4 Å². The number of nitrogens with zero attached hydrogens (tertiary/aromatic N) is 4. The normalized spacial score (nSPS) is 13.9. The van der Waals surface area contributed by atoms with Gasteiger partial charge in [0.25, 0.3) is 0 Å². The fourth-order valence-electron chi connectivity index (χ4n) is 4.39. The Balaban J connectivity index is 1.74. The van der Waals surface area contributed by atoms with Crippen molar-refractivity contribution >= 4 is 34.8 Å². The number of benzene rings is 3. The second kappa shape index (κ2) is 9.55. The summed E-state index contributed by atoms with van der Waals surface area (Å²) < 4.78 is 41.1. The molecule has 0 atom stereocenters. The number of hydrogen-bond acceptors (Lipinski definition) is 4. The maximum Gasteiger partial charge on any atom is 0.416 e. The summed E-state index contributed by atoms with van der Waals surface area (Å²) >= 11 is 0. The van der Waals surface area contributed by atoms with Gasteiger partial charge in [0.1, 0.15) is 5.75 Å². The molecule has 0 saturated heterocycles. The Bertz CT molecular complexity index is 1510. The predicted molar refractivity (Wildman–Crippen MR) is 138 cm³/mol. The number of halogens is 3. The maximum atomic E-state index is 14.1. The number of alkyl halides is 3. The van der Waals surface area contributed by atoms with E-state index < -0.39 is 23.8 Å². The highest BCUT2D eigenvalue weighted by Crippen LogP contribution is 2.44. The van der Waals surface area contributed by atoms with Crippen LogP contribution in [-0.2, 0) is 6.18 Å². The number of imide groups is 1. The van der Waals surface area contributed by atoms with Gasteiger partial charge < -0.3 is 5.11 Å². The lowest BCUT2D eigenvalue weighted by Crippen LogP contribution is -2.48. The molecule has 4 amide bonds. The van der Waals surface area contributed by atoms with E-state index in [2.05, 4.69) is 4.98 Å². The van der Waals surface area contributed by atoms with Crippen LogP contribution in [0.5, 0.6) is 5.75 Å². The molecule has 7 nitrogen and oxygen atoms in total. The summed E-state index contributed by atoms with van der Waals surface area (Å²) in [4.78, 5) is 35.2. The predicted octanol–water partition coefficient (Wildman–Crippen LogP) is 7.20. The fraction of sp³-hybridized carbons (Fsp3) is 0.107. The molecular weight excluding hydrogens is 497 g/mol. The third-order valence-electron chi connectivity index (χ3n) is 6.20. The lowest BCUT2D eigenvalue weighted by molar-refractivity contribution is -0.137. The summed E-state index contributed by atoms with van der Waals surface area (Å²) in [6.45, 7) is 1.75. The Morgan fingerprint density at radius 3 is 2.16 bits per heavy atom. The third kappa shape index (κ3) is 4.30. The summed E-state index contributed by atoms with van der Waals surface area (Å²) in [5.74, 6) is -0.0833. The number of carbonyl (C=O) groups is 2. The topological polar surface area (TPSA) is 77.0 Å². The lowest BCUT2D eigenvalue weighted by atomic mass is 10.0. The molecule has 10 heteroatoms. The number of para-hydroxylation sites is 1. The number of aromatic nitrogens is 1. The molecule has 1 aliphatic heterocycles. The van der Waals surface area contributed by atoms with Crippen LogP contribution in [0.1, 0.15) is 12.5 Å². The van der Waals surface area contributed by atoms with E-state index in [0.29, 0.717) is 11.1 Å². The van der Waals surface area contributed by atoms with Crippen molar-refractivity contribution in [3.8, 4) is 16.9 Å². The van der Waals surface area contributed by atoms with Crippen molar-refractivity contribution in [3.05, 3.63) is 96.8 Å². The minimum atomic E-state index is -4.66. The van der Waals surface area contributed by atoms with Gasteiger partial charge in [0.2, 0.25) is 0 Å². The molecule has 192 valence electrons. The van der Waals surface area contributed by atoms with E-state index in [9.17, 15) is 27.9 Å². The van der Waals surface area contributed by atoms with Crippen molar-refractivity contribution in [3.63, 3.8) is 0 Å². The molecule has 0 fully saturated rings. The van der Waals surface area contributed by atoms with Gasteiger partial charge in [-0.15, -0.1) is 0 Å². The quantitative estimate of drug-likeness (QED) is 0.310. The van der Waals surface area contributed by atoms with E-state index in [1.807, 2.05) is 0 Å². The van der Waals surface area contributed by atoms with E-state index in [-0.39, 0.29) is 35.0 Å². The Hall–Kier alpha value is -4.86. The first-order chi connectivity index (χ1) is 18.2. The molecule has 5 rings (SSSR count). The molecule has 3 aromatic carbocycles. The molecule has 0 spiro atoms. The number of urea groups is 2. The lowest BCUT2D eigenvalue weighted by Gasteiger charge is -2.27. The number of amides is 4. The molecular formula is C28H21F3N4O3. The van der Waals surface area contributed by atoms with Crippen LogP contribution in [0.4, 0.5) is 45.5 Å². The summed E-state index contributed by atoms with van der Waals surface area (Å²) in [5, 5.41) is 10.5. The number of anilines is 4. The van der Waals surface area contributed by atoms with Crippen LogP contribution < -0.4 is 14.7 Å². The number of rotatable bonds is 4. The van der Waals surface area contributed by atoms with E-state index in [0.717, 1.165) is 21.9 Å². The van der Waals surface area contributed by atoms with Gasteiger partial charge in [-0.25, -0.2) is 14.5 Å². The van der Waals surface area contributed by atoms with Gasteiger partial charge in [-0.05, 0) is 73.2 Å². The molecule has 0 bridgehead atoms. The molecule has 0 saturated carbocycles. The molecule has 1 aliphatic rings. The van der Waals surface area contributed by atoms with Crippen molar-refractivity contribution < 1.29 is 27.9 Å². The van der Waals surface area contributed by atoms with Gasteiger partial charge in [0.15, 0.2) is 0 Å². The highest BCUT2D eigenvalue weighted by atomic mass is 19.4. The van der Waals surface area contributed by atoms with Gasteiger partial charge >= 0.3 is 18.2 Å². The summed E-state index contributed by atoms with van der Waals surface area (Å²) in [7, 11) is 0. The Morgan fingerprint density at radius 1 is 0.789 bits per heavy atom. The van der Waals surface area contributed by atoms with Gasteiger partial charge in [0, 0.05) is 24.5 Å². The smallest absolute Gasteiger partial charge is 0.416 e. The second-order valence-electron chi connectivity index (χ2n) is 8.45. The SMILES string of the molecule is CCN1C(=O)N(c2ccc(O)c(-c3ccncc3)c2)C(=O)N(c2ccccc2)c2cc(C(F)(F)F)ccc21. The van der Waals surface area contributed by atoms with E-state index in [1.165, 1.54) is 41.6 Å².